The summed E-state index contributed by atoms with van der Waals surface area (Å²) in [4.78, 5) is 24.3. The van der Waals surface area contributed by atoms with Gasteiger partial charge in [-0.2, -0.15) is 5.10 Å². The number of rotatable bonds is 6. The van der Waals surface area contributed by atoms with Gasteiger partial charge in [0.1, 0.15) is 0 Å². The third-order valence-corrected chi connectivity index (χ3v) is 5.23. The van der Waals surface area contributed by atoms with E-state index in [1.807, 2.05) is 0 Å². The van der Waals surface area contributed by atoms with Crippen LogP contribution in [-0.4, -0.2) is 41.4 Å². The first-order chi connectivity index (χ1) is 13.7. The zero-order valence-electron chi connectivity index (χ0n) is 15.7. The summed E-state index contributed by atoms with van der Waals surface area (Å²) in [5.41, 5.74) is 4.50. The predicted octanol–water partition coefficient (Wildman–Crippen LogP) is 2.13. The Kier molecular flexibility index (Phi) is 5.57. The third-order valence-electron chi connectivity index (χ3n) is 5.23. The number of ether oxygens (including phenoxy) is 1. The second-order valence-electron chi connectivity index (χ2n) is 7.21. The number of benzene rings is 1. The fourth-order valence-electron chi connectivity index (χ4n) is 3.69. The highest BCUT2D eigenvalue weighted by Crippen LogP contribution is 2.22. The number of carbonyl (C=O) groups excluding carboxylic acids is 2. The lowest BCUT2D eigenvalue weighted by atomic mass is 10.2. The number of hydrogen-bond acceptors (Lipinski definition) is 4. The van der Waals surface area contributed by atoms with Gasteiger partial charge in [-0.15, -0.1) is 0 Å². The summed E-state index contributed by atoms with van der Waals surface area (Å²) in [6.07, 6.45) is 5.33. The van der Waals surface area contributed by atoms with Crippen molar-refractivity contribution in [1.29, 1.82) is 0 Å². The monoisotopic (exact) mass is 383 g/mol. The number of anilines is 1. The molecule has 28 heavy (non-hydrogen) atoms. The minimum absolute atomic E-state index is 0.115. The van der Waals surface area contributed by atoms with Crippen LogP contribution < -0.4 is 16.0 Å². The minimum Gasteiger partial charge on any atom is -0.376 e. The Morgan fingerprint density at radius 3 is 2.79 bits per heavy atom. The summed E-state index contributed by atoms with van der Waals surface area (Å²) in [6, 6.07) is 6.52. The number of aromatic nitrogens is 2. The van der Waals surface area contributed by atoms with Gasteiger partial charge in [-0.25, -0.2) is 4.79 Å². The highest BCUT2D eigenvalue weighted by atomic mass is 16.5. The van der Waals surface area contributed by atoms with E-state index in [1.54, 1.807) is 24.3 Å². The van der Waals surface area contributed by atoms with Gasteiger partial charge in [0.15, 0.2) is 0 Å². The van der Waals surface area contributed by atoms with Gasteiger partial charge < -0.3 is 20.7 Å². The lowest BCUT2D eigenvalue weighted by Crippen LogP contribution is -2.31. The third kappa shape index (κ3) is 4.33. The Balaban J connectivity index is 1.24. The number of nitrogens with one attached hydrogen (secondary N) is 4. The molecular weight excluding hydrogens is 358 g/mol. The standard InChI is InChI=1S/C20H25N5O3/c26-19(21-11-15-3-2-10-28-15)13-6-8-14(9-7-13)23-20(27)22-12-18-16-4-1-5-17(16)24-25-18/h6-9,15H,1-5,10-12H2,(H,21,26)(H,24,25)(H2,22,23,27)/t15-/m1/s1. The van der Waals surface area contributed by atoms with Gasteiger partial charge in [-0.3, -0.25) is 9.89 Å². The van der Waals surface area contributed by atoms with Gasteiger partial charge in [0.25, 0.3) is 5.91 Å². The van der Waals surface area contributed by atoms with Crippen LogP contribution in [0.15, 0.2) is 24.3 Å². The van der Waals surface area contributed by atoms with Crippen LogP contribution >= 0.6 is 0 Å². The van der Waals surface area contributed by atoms with E-state index in [2.05, 4.69) is 26.1 Å². The van der Waals surface area contributed by atoms with Gasteiger partial charge in [-0.1, -0.05) is 0 Å². The topological polar surface area (TPSA) is 108 Å². The predicted molar refractivity (Wildman–Crippen MR) is 104 cm³/mol. The Bertz CT molecular complexity index is 840. The highest BCUT2D eigenvalue weighted by Gasteiger charge is 2.19. The van der Waals surface area contributed by atoms with E-state index < -0.39 is 0 Å². The summed E-state index contributed by atoms with van der Waals surface area (Å²) < 4.78 is 5.50. The van der Waals surface area contributed by atoms with Gasteiger partial charge in [-0.05, 0) is 61.9 Å². The number of amides is 3. The highest BCUT2D eigenvalue weighted by molar-refractivity contribution is 5.95. The Morgan fingerprint density at radius 2 is 2.00 bits per heavy atom. The molecule has 0 saturated carbocycles. The molecule has 1 aliphatic carbocycles. The van der Waals surface area contributed by atoms with Gasteiger partial charge in [0, 0.05) is 30.1 Å². The van der Waals surface area contributed by atoms with E-state index >= 15 is 0 Å². The molecule has 2 heterocycles. The molecule has 1 aromatic carbocycles. The lowest BCUT2D eigenvalue weighted by molar-refractivity contribution is 0.0858. The molecule has 0 radical (unpaired) electrons. The van der Waals surface area contributed by atoms with Crippen LogP contribution in [0.1, 0.15) is 46.6 Å². The summed E-state index contributed by atoms with van der Waals surface area (Å²) in [5.74, 6) is -0.140. The quantitative estimate of drug-likeness (QED) is 0.613. The normalized spacial score (nSPS) is 17.9. The Morgan fingerprint density at radius 1 is 1.14 bits per heavy atom. The van der Waals surface area contributed by atoms with Crippen LogP contribution in [0.3, 0.4) is 0 Å². The number of carbonyl (C=O) groups is 2. The van der Waals surface area contributed by atoms with Crippen molar-refractivity contribution in [2.75, 3.05) is 18.5 Å². The van der Waals surface area contributed by atoms with Crippen LogP contribution in [0.4, 0.5) is 10.5 Å². The van der Waals surface area contributed by atoms with Gasteiger partial charge in [0.2, 0.25) is 0 Å². The molecule has 3 amide bonds. The van der Waals surface area contributed by atoms with Crippen molar-refractivity contribution in [3.8, 4) is 0 Å². The molecule has 148 valence electrons. The molecule has 4 rings (SSSR count). The maximum Gasteiger partial charge on any atom is 0.319 e. The van der Waals surface area contributed by atoms with Crippen molar-refractivity contribution in [2.45, 2.75) is 44.8 Å². The minimum atomic E-state index is -0.301. The molecule has 2 aromatic rings. The second kappa shape index (κ2) is 8.43. The van der Waals surface area contributed by atoms with E-state index in [0.29, 0.717) is 24.3 Å². The van der Waals surface area contributed by atoms with Crippen molar-refractivity contribution >= 4 is 17.6 Å². The van der Waals surface area contributed by atoms with Crippen molar-refractivity contribution in [1.82, 2.24) is 20.8 Å². The lowest BCUT2D eigenvalue weighted by Gasteiger charge is -2.11. The number of H-pyrrole nitrogens is 1. The van der Waals surface area contributed by atoms with Crippen LogP contribution in [0.5, 0.6) is 0 Å². The first-order valence-electron chi connectivity index (χ1n) is 9.79. The maximum atomic E-state index is 12.2. The average Bonchev–Trinajstić information content (AvgIpc) is 3.44. The van der Waals surface area contributed by atoms with Gasteiger partial charge >= 0.3 is 6.03 Å². The molecule has 0 bridgehead atoms. The fraction of sp³-hybridized carbons (Fsp3) is 0.450. The van der Waals surface area contributed by atoms with Crippen molar-refractivity contribution in [3.63, 3.8) is 0 Å². The van der Waals surface area contributed by atoms with Crippen molar-refractivity contribution in [2.24, 2.45) is 0 Å². The van der Waals surface area contributed by atoms with E-state index in [0.717, 1.165) is 44.4 Å². The number of aromatic amines is 1. The van der Waals surface area contributed by atoms with Crippen LogP contribution in [-0.2, 0) is 24.1 Å². The van der Waals surface area contributed by atoms with Crippen molar-refractivity contribution < 1.29 is 14.3 Å². The largest absolute Gasteiger partial charge is 0.376 e. The van der Waals surface area contributed by atoms with E-state index in [4.69, 9.17) is 4.74 Å². The molecule has 1 aromatic heterocycles. The first kappa shape index (κ1) is 18.5. The van der Waals surface area contributed by atoms with Crippen LogP contribution in [0, 0.1) is 0 Å². The van der Waals surface area contributed by atoms with E-state index in [9.17, 15) is 9.59 Å². The molecule has 1 aliphatic heterocycles. The van der Waals surface area contributed by atoms with Gasteiger partial charge in [0.05, 0.1) is 18.3 Å². The smallest absolute Gasteiger partial charge is 0.319 e. The van der Waals surface area contributed by atoms with Crippen LogP contribution in [0.25, 0.3) is 0 Å². The zero-order chi connectivity index (χ0) is 19.3. The molecule has 0 spiro atoms. The Hall–Kier alpha value is -2.87. The second-order valence-corrected chi connectivity index (χ2v) is 7.21. The molecule has 1 fully saturated rings. The number of fused-ring (bicyclic) bond motifs is 1. The van der Waals surface area contributed by atoms with Crippen LogP contribution in [0.2, 0.25) is 0 Å². The summed E-state index contributed by atoms with van der Waals surface area (Å²) in [6.45, 7) is 1.69. The SMILES string of the molecule is O=C(NCc1n[nH]c2c1CCC2)Nc1ccc(C(=O)NC[C@H]2CCCO2)cc1. The first-order valence-corrected chi connectivity index (χ1v) is 9.79. The molecule has 2 aliphatic rings. The van der Waals surface area contributed by atoms with E-state index in [-0.39, 0.29) is 18.0 Å². The molecule has 8 nitrogen and oxygen atoms in total. The summed E-state index contributed by atoms with van der Waals surface area (Å²) in [7, 11) is 0. The molecular formula is C20H25N5O3. The number of aryl methyl sites for hydroxylation is 1. The average molecular weight is 383 g/mol. The molecule has 8 heteroatoms. The Labute approximate surface area is 163 Å². The zero-order valence-corrected chi connectivity index (χ0v) is 15.7. The maximum absolute atomic E-state index is 12.2. The molecule has 1 atom stereocenters. The number of nitrogens with zero attached hydrogens (tertiary/aromatic N) is 1. The molecule has 4 N–H and O–H groups in total. The van der Waals surface area contributed by atoms with E-state index in [1.165, 1.54) is 11.3 Å². The molecule has 0 unspecified atom stereocenters. The fourth-order valence-corrected chi connectivity index (χ4v) is 3.69. The summed E-state index contributed by atoms with van der Waals surface area (Å²) >= 11 is 0. The number of hydrogen-bond donors (Lipinski definition) is 4. The molecule has 1 saturated heterocycles. The number of urea groups is 1. The van der Waals surface area contributed by atoms with Crippen molar-refractivity contribution in [3.05, 3.63) is 46.8 Å². The summed E-state index contributed by atoms with van der Waals surface area (Å²) in [5, 5.41) is 15.8.